The van der Waals surface area contributed by atoms with Gasteiger partial charge in [-0.3, -0.25) is 4.98 Å². The van der Waals surface area contributed by atoms with Crippen molar-refractivity contribution in [2.24, 2.45) is 5.92 Å². The second-order valence-electron chi connectivity index (χ2n) is 8.76. The minimum atomic E-state index is 0.108. The Hall–Kier alpha value is -2.77. The van der Waals surface area contributed by atoms with Crippen molar-refractivity contribution in [3.05, 3.63) is 65.6 Å². The van der Waals surface area contributed by atoms with Gasteiger partial charge in [0.05, 0.1) is 0 Å². The molecule has 3 aromatic rings. The Morgan fingerprint density at radius 3 is 2.56 bits per heavy atom. The molecular formula is C27H35N5OS. The van der Waals surface area contributed by atoms with E-state index in [9.17, 15) is 5.11 Å². The summed E-state index contributed by atoms with van der Waals surface area (Å²) in [6.45, 7) is 8.27. The number of hydrogen-bond acceptors (Lipinski definition) is 7. The number of para-hydroxylation sites is 1. The number of aromatic nitrogens is 2. The Balaban J connectivity index is 0.00000133. The molecule has 7 heteroatoms. The van der Waals surface area contributed by atoms with Crippen LogP contribution >= 0.6 is 11.8 Å². The highest BCUT2D eigenvalue weighted by Gasteiger charge is 2.28. The van der Waals surface area contributed by atoms with Gasteiger partial charge in [-0.15, -0.1) is 0 Å². The Morgan fingerprint density at radius 1 is 1.09 bits per heavy atom. The van der Waals surface area contributed by atoms with Crippen molar-refractivity contribution in [3.8, 4) is 0 Å². The van der Waals surface area contributed by atoms with Crippen LogP contribution in [0, 0.1) is 19.8 Å². The fourth-order valence-electron chi connectivity index (χ4n) is 4.64. The van der Waals surface area contributed by atoms with Crippen LogP contribution in [0.5, 0.6) is 0 Å². The molecule has 1 aliphatic carbocycles. The molecule has 5 rings (SSSR count). The Morgan fingerprint density at radius 2 is 1.85 bits per heavy atom. The van der Waals surface area contributed by atoms with Crippen LogP contribution < -0.4 is 16.0 Å². The predicted molar refractivity (Wildman–Crippen MR) is 143 cm³/mol. The quantitative estimate of drug-likeness (QED) is 0.316. The number of thioether (sulfide) groups is 1. The Kier molecular flexibility index (Phi) is 7.95. The van der Waals surface area contributed by atoms with E-state index in [4.69, 9.17) is 4.98 Å². The molecule has 0 saturated heterocycles. The van der Waals surface area contributed by atoms with Crippen LogP contribution in [0.1, 0.15) is 55.4 Å². The van der Waals surface area contributed by atoms with Gasteiger partial charge in [0.1, 0.15) is 11.2 Å². The number of rotatable bonds is 6. The smallest absolute Gasteiger partial charge is 0.132 e. The Bertz CT molecular complexity index is 1080. The monoisotopic (exact) mass is 477 g/mol. The summed E-state index contributed by atoms with van der Waals surface area (Å²) in [5.41, 5.74) is 6.35. The molecule has 3 heterocycles. The van der Waals surface area contributed by atoms with Crippen LogP contribution in [-0.4, -0.2) is 27.7 Å². The van der Waals surface area contributed by atoms with E-state index in [0.717, 1.165) is 53.4 Å². The van der Waals surface area contributed by atoms with Gasteiger partial charge >= 0.3 is 0 Å². The lowest BCUT2D eigenvalue weighted by atomic mass is 10.1. The summed E-state index contributed by atoms with van der Waals surface area (Å²) in [5, 5.41) is 20.5. The number of aryl methyl sites for hydroxylation is 2. The molecule has 180 valence electrons. The predicted octanol–water partition coefficient (Wildman–Crippen LogP) is 6.65. The zero-order valence-corrected chi connectivity index (χ0v) is 21.2. The molecule has 3 unspecified atom stereocenters. The summed E-state index contributed by atoms with van der Waals surface area (Å²) in [7, 11) is 0. The molecule has 2 aromatic heterocycles. The van der Waals surface area contributed by atoms with Crippen molar-refractivity contribution >= 4 is 34.6 Å². The maximum Gasteiger partial charge on any atom is 0.132 e. The van der Waals surface area contributed by atoms with Crippen LogP contribution in [0.2, 0.25) is 0 Å². The third kappa shape index (κ3) is 5.65. The van der Waals surface area contributed by atoms with E-state index in [0.29, 0.717) is 12.0 Å². The number of nitrogens with zero attached hydrogens (tertiary/aromatic N) is 2. The molecule has 0 amide bonds. The van der Waals surface area contributed by atoms with Crippen LogP contribution in [0.3, 0.4) is 0 Å². The van der Waals surface area contributed by atoms with Gasteiger partial charge in [0.25, 0.3) is 0 Å². The van der Waals surface area contributed by atoms with Crippen LogP contribution in [0.15, 0.2) is 53.6 Å². The van der Waals surface area contributed by atoms with Gasteiger partial charge in [-0.05, 0) is 63.3 Å². The number of anilines is 4. The fourth-order valence-corrected chi connectivity index (χ4v) is 5.81. The van der Waals surface area contributed by atoms with Crippen molar-refractivity contribution in [3.63, 3.8) is 0 Å². The standard InChI is InChI=1S/C25H29N5OS.C2H6/c1-15-9-19(10-16(2)27-15)29-24-12-22(28-18-8-7-17(11-18)14-31)20(13-26-24)25-30-21-5-3-4-6-23(21)32-25;1-2/h3-6,9-10,12-13,17-18,25,30-31H,7-8,11,14H2,1-2H3,(H2,26,27,28,29);1-2H3. The van der Waals surface area contributed by atoms with Crippen molar-refractivity contribution in [2.45, 2.75) is 63.3 Å². The molecule has 3 atom stereocenters. The summed E-state index contributed by atoms with van der Waals surface area (Å²) < 4.78 is 0. The minimum Gasteiger partial charge on any atom is -0.396 e. The average Bonchev–Trinajstić information content (AvgIpc) is 3.46. The number of hydrogen-bond donors (Lipinski definition) is 4. The highest BCUT2D eigenvalue weighted by Crippen LogP contribution is 2.48. The molecule has 1 aliphatic heterocycles. The maximum absolute atomic E-state index is 9.56. The topological polar surface area (TPSA) is 82.1 Å². The average molecular weight is 478 g/mol. The molecule has 34 heavy (non-hydrogen) atoms. The van der Waals surface area contributed by atoms with Crippen LogP contribution in [0.4, 0.5) is 22.9 Å². The number of fused-ring (bicyclic) bond motifs is 1. The van der Waals surface area contributed by atoms with Gasteiger partial charge in [-0.25, -0.2) is 4.98 Å². The van der Waals surface area contributed by atoms with E-state index in [2.05, 4.69) is 51.3 Å². The van der Waals surface area contributed by atoms with Crippen molar-refractivity contribution in [1.82, 2.24) is 9.97 Å². The number of aliphatic hydroxyl groups is 1. The van der Waals surface area contributed by atoms with Crippen LogP contribution in [0.25, 0.3) is 0 Å². The van der Waals surface area contributed by atoms with E-state index < -0.39 is 0 Å². The van der Waals surface area contributed by atoms with E-state index in [1.165, 1.54) is 10.6 Å². The maximum atomic E-state index is 9.56. The summed E-state index contributed by atoms with van der Waals surface area (Å²) in [4.78, 5) is 10.5. The molecule has 1 aromatic carbocycles. The molecule has 1 saturated carbocycles. The summed E-state index contributed by atoms with van der Waals surface area (Å²) in [6.07, 6.45) is 5.11. The molecular weight excluding hydrogens is 442 g/mol. The van der Waals surface area contributed by atoms with Gasteiger partial charge in [-0.1, -0.05) is 37.7 Å². The first-order valence-electron chi connectivity index (χ1n) is 12.2. The molecule has 1 fully saturated rings. The van der Waals surface area contributed by atoms with E-state index in [1.807, 2.05) is 57.8 Å². The second kappa shape index (κ2) is 11.1. The molecule has 4 N–H and O–H groups in total. The van der Waals surface area contributed by atoms with Gasteiger partial charge < -0.3 is 21.1 Å². The first-order valence-corrected chi connectivity index (χ1v) is 13.1. The van der Waals surface area contributed by atoms with E-state index in [1.54, 1.807) is 0 Å². The molecule has 0 bridgehead atoms. The Labute approximate surface area is 207 Å². The van der Waals surface area contributed by atoms with Gasteiger partial charge in [-0.2, -0.15) is 0 Å². The largest absolute Gasteiger partial charge is 0.396 e. The molecule has 2 aliphatic rings. The molecule has 6 nitrogen and oxygen atoms in total. The zero-order chi connectivity index (χ0) is 24.1. The van der Waals surface area contributed by atoms with Gasteiger partial charge in [0, 0.05) is 63.8 Å². The first kappa shape index (κ1) is 24.4. The van der Waals surface area contributed by atoms with Crippen molar-refractivity contribution in [1.29, 1.82) is 0 Å². The highest BCUT2D eigenvalue weighted by molar-refractivity contribution is 8.00. The SMILES string of the molecule is CC.Cc1cc(Nc2cc(NC3CCC(CO)C3)c(C3Nc4ccccc4S3)cn2)cc(C)n1. The third-order valence-electron chi connectivity index (χ3n) is 6.15. The summed E-state index contributed by atoms with van der Waals surface area (Å²) in [6, 6.07) is 14.9. The number of benzene rings is 1. The summed E-state index contributed by atoms with van der Waals surface area (Å²) >= 11 is 1.82. The zero-order valence-electron chi connectivity index (χ0n) is 20.4. The molecule has 0 radical (unpaired) electrons. The lowest BCUT2D eigenvalue weighted by Gasteiger charge is -2.21. The minimum absolute atomic E-state index is 0.108. The van der Waals surface area contributed by atoms with Crippen molar-refractivity contribution < 1.29 is 5.11 Å². The lowest BCUT2D eigenvalue weighted by Crippen LogP contribution is -2.19. The van der Waals surface area contributed by atoms with Gasteiger partial charge in [0.2, 0.25) is 0 Å². The molecule has 0 spiro atoms. The fraction of sp³-hybridized carbons (Fsp3) is 0.407. The third-order valence-corrected chi connectivity index (χ3v) is 7.37. The summed E-state index contributed by atoms with van der Waals surface area (Å²) in [5.74, 6) is 1.19. The number of aliphatic hydroxyl groups excluding tert-OH is 1. The van der Waals surface area contributed by atoms with E-state index >= 15 is 0 Å². The second-order valence-corrected chi connectivity index (χ2v) is 9.91. The van der Waals surface area contributed by atoms with Gasteiger partial charge in [0.15, 0.2) is 0 Å². The lowest BCUT2D eigenvalue weighted by molar-refractivity contribution is 0.229. The van der Waals surface area contributed by atoms with Crippen molar-refractivity contribution in [2.75, 3.05) is 22.6 Å². The highest BCUT2D eigenvalue weighted by atomic mass is 32.2. The van der Waals surface area contributed by atoms with Crippen LogP contribution in [-0.2, 0) is 0 Å². The number of nitrogens with one attached hydrogen (secondary N) is 3. The first-order chi connectivity index (χ1) is 16.6. The number of pyridine rings is 2. The van der Waals surface area contributed by atoms with E-state index in [-0.39, 0.29) is 12.0 Å². The normalized spacial score (nSPS) is 20.7.